The van der Waals surface area contributed by atoms with Gasteiger partial charge in [-0.1, -0.05) is 11.8 Å². The third-order valence-electron chi connectivity index (χ3n) is 3.41. The van der Waals surface area contributed by atoms with Crippen molar-refractivity contribution in [2.45, 2.75) is 0 Å². The Hall–Kier alpha value is 2.11. The predicted octanol–water partition coefficient (Wildman–Crippen LogP) is 6.28. The Bertz CT molecular complexity index is 784. The van der Waals surface area contributed by atoms with E-state index in [1.54, 1.807) is 70.6 Å². The van der Waals surface area contributed by atoms with Gasteiger partial charge in [-0.3, -0.25) is 14.0 Å². The summed E-state index contributed by atoms with van der Waals surface area (Å²) < 4.78 is 17.0. The quantitative estimate of drug-likeness (QED) is 0.0145. The predicted molar refractivity (Wildman–Crippen MR) is 219 cm³/mol. The molecule has 0 spiro atoms. The summed E-state index contributed by atoms with van der Waals surface area (Å²) in [5.41, 5.74) is 1.49. The van der Waals surface area contributed by atoms with Crippen LogP contribution >= 0.6 is 141 Å². The maximum absolute atomic E-state index is 12.0. The summed E-state index contributed by atoms with van der Waals surface area (Å²) in [6.45, 7) is 0. The van der Waals surface area contributed by atoms with Crippen molar-refractivity contribution in [1.29, 1.82) is 0 Å². The second-order valence-electron chi connectivity index (χ2n) is 6.62. The van der Waals surface area contributed by atoms with Crippen LogP contribution in [0.3, 0.4) is 0 Å². The van der Waals surface area contributed by atoms with E-state index in [0.29, 0.717) is 44.7 Å². The topological polar surface area (TPSA) is 168 Å². The van der Waals surface area contributed by atoms with Crippen molar-refractivity contribution in [3.05, 3.63) is 0 Å². The van der Waals surface area contributed by atoms with Crippen molar-refractivity contribution in [2.75, 3.05) is 87.9 Å². The molecule has 0 aromatic carbocycles. The molecule has 0 bridgehead atoms. The Balaban J connectivity index is 3.39. The van der Waals surface area contributed by atoms with E-state index in [0.717, 1.165) is 25.4 Å². The lowest BCUT2D eigenvalue weighted by molar-refractivity contribution is -0.196. The Morgan fingerprint density at radius 3 is 2.02 bits per heavy atom. The second-order valence-corrected chi connectivity index (χ2v) is 22.4. The first-order valence-corrected chi connectivity index (χ1v) is 27.2. The number of hydrogen-bond donors (Lipinski definition) is 4. The number of ether oxygens (including phenoxy) is 1. The van der Waals surface area contributed by atoms with E-state index in [-0.39, 0.29) is 23.1 Å². The van der Waals surface area contributed by atoms with Crippen molar-refractivity contribution in [3.8, 4) is 0 Å². The molecule has 0 saturated heterocycles. The van der Waals surface area contributed by atoms with Gasteiger partial charge >= 0.3 is 6.09 Å². The van der Waals surface area contributed by atoms with E-state index in [1.807, 2.05) is 0 Å². The van der Waals surface area contributed by atoms with E-state index in [1.165, 1.54) is 82.5 Å². The lowest BCUT2D eigenvalue weighted by Crippen LogP contribution is -2.23. The molecule has 0 aliphatic carbocycles. The van der Waals surface area contributed by atoms with Gasteiger partial charge in [0.25, 0.3) is 5.24 Å². The van der Waals surface area contributed by atoms with Crippen LogP contribution in [-0.2, 0) is 25.3 Å². The third-order valence-corrected chi connectivity index (χ3v) is 17.2. The molecule has 4 N–H and O–H groups in total. The summed E-state index contributed by atoms with van der Waals surface area (Å²) in [6.07, 6.45) is 0.800. The molecular weight excluding hydrogens is 841 g/mol. The molecule has 1 unspecified atom stereocenters. The normalized spacial score (nSPS) is 12.1. The average molecular weight is 879 g/mol. The number of carbonyl (C=O) groups is 2. The van der Waals surface area contributed by atoms with Gasteiger partial charge < -0.3 is 30.5 Å². The van der Waals surface area contributed by atoms with Crippen LogP contribution < -0.4 is 10.6 Å². The smallest absolute Gasteiger partial charge is 0.408 e. The third kappa shape index (κ3) is 40.4. The largest absolute Gasteiger partial charge is 0.438 e. The van der Waals surface area contributed by atoms with Gasteiger partial charge in [-0.2, -0.15) is 4.89 Å². The molecular formula is C20H38N4O8S13. The lowest BCUT2D eigenvalue weighted by atomic mass is 11.1. The molecule has 0 aromatic rings. The molecule has 0 heterocycles. The molecule has 0 aliphatic rings. The summed E-state index contributed by atoms with van der Waals surface area (Å²) >= 11 is 18.2. The fourth-order valence-electron chi connectivity index (χ4n) is 1.75. The number of amides is 2. The fraction of sp³-hybridized carbons (Fsp3) is 0.800. The van der Waals surface area contributed by atoms with Crippen LogP contribution in [0.5, 0.6) is 0 Å². The van der Waals surface area contributed by atoms with Gasteiger partial charge in [0, 0.05) is 35.6 Å². The number of hydrogen-bond acceptors (Lipinski definition) is 22. The summed E-state index contributed by atoms with van der Waals surface area (Å²) in [4.78, 5) is 41.3. The van der Waals surface area contributed by atoms with Gasteiger partial charge in [-0.25, -0.2) is 9.79 Å². The number of aliphatic imine (C=N–C) groups is 2. The van der Waals surface area contributed by atoms with Crippen LogP contribution in [0.2, 0.25) is 0 Å². The fourth-order valence-corrected chi connectivity index (χ4v) is 13.0. The highest BCUT2D eigenvalue weighted by Crippen LogP contribution is 2.22. The number of alkyl carbamates (subject to hydrolysis) is 1. The highest BCUT2D eigenvalue weighted by Gasteiger charge is 2.03. The van der Waals surface area contributed by atoms with E-state index < -0.39 is 16.9 Å². The first-order valence-electron chi connectivity index (χ1n) is 12.1. The highest BCUT2D eigenvalue weighted by atomic mass is 32.3. The number of carbonyl (C=O) groups excluding carboxylic acids is 2. The zero-order chi connectivity index (χ0) is 32.9. The van der Waals surface area contributed by atoms with Crippen molar-refractivity contribution in [1.82, 2.24) is 10.6 Å². The molecule has 1 atom stereocenters. The van der Waals surface area contributed by atoms with Gasteiger partial charge in [0.05, 0.1) is 56.8 Å². The van der Waals surface area contributed by atoms with Crippen molar-refractivity contribution in [3.63, 3.8) is 0 Å². The molecule has 0 rings (SSSR count). The molecule has 45 heavy (non-hydrogen) atoms. The minimum atomic E-state index is -1.11. The molecule has 0 saturated carbocycles. The molecule has 0 fully saturated rings. The van der Waals surface area contributed by atoms with Gasteiger partial charge in [0.1, 0.15) is 11.9 Å². The van der Waals surface area contributed by atoms with Crippen molar-refractivity contribution >= 4 is 175 Å². The molecule has 0 aliphatic heterocycles. The van der Waals surface area contributed by atoms with Crippen LogP contribution in [0, 0.1) is 0 Å². The average Bonchev–Trinajstić information content (AvgIpc) is 3.03. The van der Waals surface area contributed by atoms with Crippen LogP contribution in [-0.4, -0.2) is 126 Å². The number of aliphatic hydroxyl groups excluding tert-OH is 2. The summed E-state index contributed by atoms with van der Waals surface area (Å²) in [7, 11) is -1.11. The molecule has 264 valence electrons. The number of nitrogens with one attached hydrogen (secondary N) is 2. The first-order chi connectivity index (χ1) is 22.1. The van der Waals surface area contributed by atoms with Crippen LogP contribution in [0.15, 0.2) is 9.98 Å². The molecule has 12 nitrogen and oxygen atoms in total. The zero-order valence-corrected chi connectivity index (χ0v) is 34.6. The Labute approximate surface area is 319 Å². The van der Waals surface area contributed by atoms with Crippen molar-refractivity contribution < 1.29 is 38.5 Å². The number of aliphatic hydroxyl groups is 2. The number of nitrogens with zero attached hydrogens (tertiary/aromatic N) is 2. The Morgan fingerprint density at radius 2 is 1.29 bits per heavy atom. The summed E-state index contributed by atoms with van der Waals surface area (Å²) in [5, 5.41) is 28.5. The number of rotatable bonds is 33. The Kier molecular flexibility index (Phi) is 42.4. The molecule has 0 radical (unpaired) electrons. The van der Waals surface area contributed by atoms with Crippen LogP contribution in [0.4, 0.5) is 9.59 Å². The minimum absolute atomic E-state index is 0.0400. The van der Waals surface area contributed by atoms with E-state index in [4.69, 9.17) is 24.7 Å². The molecule has 2 amide bonds. The standard InChI is InChI=1S/C20H38N4O8S13/c25-7-37-13-39-9-30-19(27)23-4-35-12-34-3-22-6-45(29)18-43-16-41-15-42-17-44-20(28)24-5-36-11-33-2-21-1-31-32-10-40-14-38-8-26/h1,6,25-26H,2-5,7-18H2,(H,23,27)(H,24,28)/b21-1+,22-6+. The summed E-state index contributed by atoms with van der Waals surface area (Å²) in [5.74, 6) is 2.80. The van der Waals surface area contributed by atoms with Crippen LogP contribution in [0.25, 0.3) is 0 Å². The maximum Gasteiger partial charge on any atom is 0.408 e. The highest BCUT2D eigenvalue weighted by molar-refractivity contribution is 8.30. The van der Waals surface area contributed by atoms with Crippen LogP contribution in [0.1, 0.15) is 0 Å². The monoisotopic (exact) mass is 878 g/mol. The molecule has 0 aromatic heterocycles. The van der Waals surface area contributed by atoms with Gasteiger partial charge in [0.2, 0.25) is 6.40 Å². The lowest BCUT2D eigenvalue weighted by Gasteiger charge is -2.06. The first kappa shape index (κ1) is 47.1. The summed E-state index contributed by atoms with van der Waals surface area (Å²) in [6, 6.07) is 0. The van der Waals surface area contributed by atoms with E-state index >= 15 is 0 Å². The van der Waals surface area contributed by atoms with Gasteiger partial charge in [-0.15, -0.1) is 129 Å². The molecule has 25 heteroatoms. The second kappa shape index (κ2) is 40.5. The van der Waals surface area contributed by atoms with E-state index in [9.17, 15) is 13.8 Å². The maximum atomic E-state index is 12.0. The van der Waals surface area contributed by atoms with Gasteiger partial charge in [0.15, 0.2) is 0 Å². The minimum Gasteiger partial charge on any atom is -0.438 e. The Morgan fingerprint density at radius 1 is 0.689 bits per heavy atom. The zero-order valence-electron chi connectivity index (χ0n) is 24.0. The SMILES string of the molecule is O=C(NCSCSC/N=C/S(=O)CSCSCSCSC(=O)NCSCSC/N=C/OOCSCSCO)OCSCSCO. The van der Waals surface area contributed by atoms with Crippen molar-refractivity contribution in [2.24, 2.45) is 9.98 Å². The van der Waals surface area contributed by atoms with E-state index in [2.05, 4.69) is 20.6 Å². The number of thioether (sulfide) groups is 12. The van der Waals surface area contributed by atoms with Gasteiger partial charge in [-0.05, 0) is 0 Å².